The minimum atomic E-state index is -0.777. The van der Waals surface area contributed by atoms with Crippen molar-refractivity contribution in [3.8, 4) is 0 Å². The first-order valence-electron chi connectivity index (χ1n) is 5.95. The van der Waals surface area contributed by atoms with Crippen LogP contribution in [0.1, 0.15) is 17.3 Å². The van der Waals surface area contributed by atoms with E-state index in [4.69, 9.17) is 0 Å². The Balaban J connectivity index is 2.30. The minimum Gasteiger partial charge on any atom is -0.333 e. The molecule has 0 radical (unpaired) electrons. The van der Waals surface area contributed by atoms with Gasteiger partial charge >= 0.3 is 0 Å². The zero-order valence-electron chi connectivity index (χ0n) is 10.4. The maximum Gasteiger partial charge on any atom is 0.273 e. The molecule has 1 aliphatic rings. The van der Waals surface area contributed by atoms with Crippen molar-refractivity contribution in [1.29, 1.82) is 0 Å². The average molecular weight is 267 g/mol. The highest BCUT2D eigenvalue weighted by Gasteiger charge is 2.25. The molecule has 1 amide bonds. The molecule has 1 N–H and O–H groups in total. The number of nitro groups is 1. The summed E-state index contributed by atoms with van der Waals surface area (Å²) in [6.07, 6.45) is 0. The van der Waals surface area contributed by atoms with E-state index in [2.05, 4.69) is 5.32 Å². The summed E-state index contributed by atoms with van der Waals surface area (Å²) < 4.78 is 13.3. The molecule has 102 valence electrons. The lowest BCUT2D eigenvalue weighted by Crippen LogP contribution is -2.52. The van der Waals surface area contributed by atoms with Crippen LogP contribution in [0.2, 0.25) is 0 Å². The normalized spacial score (nSPS) is 19.3. The monoisotopic (exact) mass is 267 g/mol. The van der Waals surface area contributed by atoms with Gasteiger partial charge in [-0.3, -0.25) is 14.9 Å². The van der Waals surface area contributed by atoms with Crippen molar-refractivity contribution in [3.05, 3.63) is 39.7 Å². The summed E-state index contributed by atoms with van der Waals surface area (Å²) in [5, 5.41) is 13.8. The van der Waals surface area contributed by atoms with Gasteiger partial charge in [-0.1, -0.05) is 0 Å². The third-order valence-corrected chi connectivity index (χ3v) is 3.10. The summed E-state index contributed by atoms with van der Waals surface area (Å²) in [7, 11) is 0. The molecule has 7 heteroatoms. The van der Waals surface area contributed by atoms with Gasteiger partial charge in [-0.2, -0.15) is 0 Å². The third kappa shape index (κ3) is 2.87. The van der Waals surface area contributed by atoms with Crippen LogP contribution in [0.4, 0.5) is 10.1 Å². The Bertz CT molecular complexity index is 521. The van der Waals surface area contributed by atoms with Gasteiger partial charge in [0.1, 0.15) is 5.82 Å². The van der Waals surface area contributed by atoms with Crippen molar-refractivity contribution in [1.82, 2.24) is 10.2 Å². The molecular formula is C12H14FN3O3. The van der Waals surface area contributed by atoms with E-state index >= 15 is 0 Å². The molecule has 1 atom stereocenters. The molecule has 0 bridgehead atoms. The van der Waals surface area contributed by atoms with Crippen LogP contribution in [0.3, 0.4) is 0 Å². The van der Waals surface area contributed by atoms with Crippen molar-refractivity contribution in [2.75, 3.05) is 19.6 Å². The molecule has 6 nitrogen and oxygen atoms in total. The van der Waals surface area contributed by atoms with Crippen LogP contribution in [0, 0.1) is 15.9 Å². The van der Waals surface area contributed by atoms with E-state index in [9.17, 15) is 19.3 Å². The number of carbonyl (C=O) groups is 1. The second-order valence-corrected chi connectivity index (χ2v) is 4.51. The van der Waals surface area contributed by atoms with Crippen LogP contribution < -0.4 is 5.32 Å². The Labute approximate surface area is 109 Å². The second kappa shape index (κ2) is 5.31. The Kier molecular flexibility index (Phi) is 3.75. The third-order valence-electron chi connectivity index (χ3n) is 3.10. The maximum atomic E-state index is 13.3. The summed E-state index contributed by atoms with van der Waals surface area (Å²) in [5.41, 5.74) is -0.397. The Hall–Kier alpha value is -2.02. The van der Waals surface area contributed by atoms with Crippen LogP contribution in [0.5, 0.6) is 0 Å². The maximum absolute atomic E-state index is 13.3. The highest BCUT2D eigenvalue weighted by molar-refractivity contribution is 5.95. The highest BCUT2D eigenvalue weighted by Crippen LogP contribution is 2.19. The SMILES string of the molecule is C[C@@H]1CNCCN1C(=O)c1cc(F)cc([N+](=O)[O-])c1. The number of carbonyl (C=O) groups excluding carboxylic acids is 1. The first-order chi connectivity index (χ1) is 8.99. The van der Waals surface area contributed by atoms with Crippen molar-refractivity contribution in [2.45, 2.75) is 13.0 Å². The number of rotatable bonds is 2. The van der Waals surface area contributed by atoms with E-state index in [0.29, 0.717) is 19.6 Å². The number of nitro benzene ring substituents is 1. The molecule has 0 unspecified atom stereocenters. The number of piperazine rings is 1. The largest absolute Gasteiger partial charge is 0.333 e. The molecule has 0 aromatic heterocycles. The van der Waals surface area contributed by atoms with Gasteiger partial charge in [-0.05, 0) is 13.0 Å². The second-order valence-electron chi connectivity index (χ2n) is 4.51. The molecule has 0 aliphatic carbocycles. The zero-order valence-corrected chi connectivity index (χ0v) is 10.4. The minimum absolute atomic E-state index is 0.0143. The van der Waals surface area contributed by atoms with E-state index in [1.165, 1.54) is 0 Å². The lowest BCUT2D eigenvalue weighted by molar-refractivity contribution is -0.385. The number of nitrogens with zero attached hydrogens (tertiary/aromatic N) is 2. The van der Waals surface area contributed by atoms with Gasteiger partial charge in [0, 0.05) is 37.3 Å². The van der Waals surface area contributed by atoms with Crippen LogP contribution in [0.25, 0.3) is 0 Å². The van der Waals surface area contributed by atoms with Gasteiger partial charge in [-0.25, -0.2) is 4.39 Å². The summed E-state index contributed by atoms with van der Waals surface area (Å²) in [4.78, 5) is 23.8. The van der Waals surface area contributed by atoms with E-state index < -0.39 is 16.4 Å². The highest BCUT2D eigenvalue weighted by atomic mass is 19.1. The quantitative estimate of drug-likeness (QED) is 0.644. The van der Waals surface area contributed by atoms with Crippen molar-refractivity contribution < 1.29 is 14.1 Å². The molecule has 2 rings (SSSR count). The number of hydrogen-bond acceptors (Lipinski definition) is 4. The van der Waals surface area contributed by atoms with Crippen molar-refractivity contribution in [3.63, 3.8) is 0 Å². The van der Waals surface area contributed by atoms with Gasteiger partial charge < -0.3 is 10.2 Å². The predicted octanol–water partition coefficient (Wildman–Crippen LogP) is 1.17. The van der Waals surface area contributed by atoms with E-state index in [1.54, 1.807) is 4.90 Å². The molecular weight excluding hydrogens is 253 g/mol. The lowest BCUT2D eigenvalue weighted by Gasteiger charge is -2.34. The smallest absolute Gasteiger partial charge is 0.273 e. The molecule has 0 spiro atoms. The van der Waals surface area contributed by atoms with Gasteiger partial charge in [0.05, 0.1) is 11.0 Å². The van der Waals surface area contributed by atoms with E-state index in [0.717, 1.165) is 18.2 Å². The summed E-state index contributed by atoms with van der Waals surface area (Å²) >= 11 is 0. The number of halogens is 1. The number of hydrogen-bond donors (Lipinski definition) is 1. The van der Waals surface area contributed by atoms with Crippen LogP contribution in [-0.4, -0.2) is 41.4 Å². The predicted molar refractivity (Wildman–Crippen MR) is 66.4 cm³/mol. The molecule has 1 heterocycles. The van der Waals surface area contributed by atoms with E-state index in [-0.39, 0.29) is 17.5 Å². The number of amides is 1. The molecule has 1 fully saturated rings. The number of benzene rings is 1. The van der Waals surface area contributed by atoms with Gasteiger partial charge in [0.15, 0.2) is 0 Å². The summed E-state index contributed by atoms with van der Waals surface area (Å²) in [6.45, 7) is 3.69. The molecule has 1 saturated heterocycles. The zero-order chi connectivity index (χ0) is 14.0. The Morgan fingerprint density at radius 3 is 2.89 bits per heavy atom. The standard InChI is InChI=1S/C12H14FN3O3/c1-8-7-14-2-3-15(8)12(17)9-4-10(13)6-11(5-9)16(18)19/h4-6,8,14H,2-3,7H2,1H3/t8-/m1/s1. The molecule has 1 aromatic rings. The Morgan fingerprint density at radius 2 is 2.26 bits per heavy atom. The fourth-order valence-electron chi connectivity index (χ4n) is 2.11. The van der Waals surface area contributed by atoms with Gasteiger partial charge in [0.2, 0.25) is 0 Å². The first-order valence-corrected chi connectivity index (χ1v) is 5.95. The van der Waals surface area contributed by atoms with E-state index in [1.807, 2.05) is 6.92 Å². The van der Waals surface area contributed by atoms with Crippen LogP contribution >= 0.6 is 0 Å². The topological polar surface area (TPSA) is 75.5 Å². The van der Waals surface area contributed by atoms with Gasteiger partial charge in [0.25, 0.3) is 11.6 Å². The first kappa shape index (κ1) is 13.4. The van der Waals surface area contributed by atoms with Gasteiger partial charge in [-0.15, -0.1) is 0 Å². The van der Waals surface area contributed by atoms with Crippen molar-refractivity contribution >= 4 is 11.6 Å². The van der Waals surface area contributed by atoms with Crippen LogP contribution in [0.15, 0.2) is 18.2 Å². The molecule has 19 heavy (non-hydrogen) atoms. The van der Waals surface area contributed by atoms with Crippen molar-refractivity contribution in [2.24, 2.45) is 0 Å². The number of non-ortho nitro benzene ring substituents is 1. The fraction of sp³-hybridized carbons (Fsp3) is 0.417. The molecule has 1 aliphatic heterocycles. The molecule has 1 aromatic carbocycles. The Morgan fingerprint density at radius 1 is 1.53 bits per heavy atom. The lowest BCUT2D eigenvalue weighted by atomic mass is 10.1. The fourth-order valence-corrected chi connectivity index (χ4v) is 2.11. The summed E-state index contributed by atoms with van der Waals surface area (Å²) in [5.74, 6) is -1.16. The van der Waals surface area contributed by atoms with Crippen LogP contribution in [-0.2, 0) is 0 Å². The number of nitrogens with one attached hydrogen (secondary N) is 1. The molecule has 0 saturated carbocycles. The average Bonchev–Trinajstić information content (AvgIpc) is 2.37. The summed E-state index contributed by atoms with van der Waals surface area (Å²) in [6, 6.07) is 2.92.